The summed E-state index contributed by atoms with van der Waals surface area (Å²) in [7, 11) is 0. The number of nitrogens with one attached hydrogen (secondary N) is 2. The van der Waals surface area contributed by atoms with Crippen molar-refractivity contribution in [1.29, 1.82) is 0 Å². The lowest BCUT2D eigenvalue weighted by Gasteiger charge is -2.08. The van der Waals surface area contributed by atoms with E-state index in [-0.39, 0.29) is 18.4 Å². The lowest BCUT2D eigenvalue weighted by Crippen LogP contribution is -2.37. The van der Waals surface area contributed by atoms with E-state index in [1.165, 1.54) is 0 Å². The van der Waals surface area contributed by atoms with E-state index in [0.717, 1.165) is 11.1 Å². The van der Waals surface area contributed by atoms with Crippen molar-refractivity contribution in [3.63, 3.8) is 0 Å². The van der Waals surface area contributed by atoms with Crippen LogP contribution >= 0.6 is 11.6 Å². The molecule has 2 rings (SSSR count). The van der Waals surface area contributed by atoms with Gasteiger partial charge in [0.25, 0.3) is 5.91 Å². The van der Waals surface area contributed by atoms with E-state index in [9.17, 15) is 9.59 Å². The molecule has 0 aliphatic carbocycles. The Morgan fingerprint density at radius 3 is 2.57 bits per heavy atom. The van der Waals surface area contributed by atoms with Crippen LogP contribution in [-0.2, 0) is 11.2 Å². The van der Waals surface area contributed by atoms with Crippen molar-refractivity contribution in [2.45, 2.75) is 13.3 Å². The standard InChI is InChI=1S/C18H19ClN2O2/c1-13-4-2-6-15(10-13)18(23)21-12-17(22)20-9-8-14-5-3-7-16(19)11-14/h2-7,10-11H,8-9,12H2,1H3,(H,20,22)(H,21,23). The van der Waals surface area contributed by atoms with Gasteiger partial charge in [0.15, 0.2) is 0 Å². The molecule has 0 bridgehead atoms. The molecule has 0 fully saturated rings. The summed E-state index contributed by atoms with van der Waals surface area (Å²) >= 11 is 5.91. The molecule has 2 N–H and O–H groups in total. The van der Waals surface area contributed by atoms with Crippen LogP contribution in [0.2, 0.25) is 5.02 Å². The van der Waals surface area contributed by atoms with Crippen molar-refractivity contribution in [2.24, 2.45) is 0 Å². The number of hydrogen-bond acceptors (Lipinski definition) is 2. The van der Waals surface area contributed by atoms with Gasteiger partial charge in [-0.2, -0.15) is 0 Å². The fraction of sp³-hybridized carbons (Fsp3) is 0.222. The maximum absolute atomic E-state index is 11.9. The molecule has 0 aliphatic heterocycles. The third-order valence-corrected chi connectivity index (χ3v) is 3.55. The highest BCUT2D eigenvalue weighted by Crippen LogP contribution is 2.10. The maximum Gasteiger partial charge on any atom is 0.251 e. The normalized spacial score (nSPS) is 10.2. The number of benzene rings is 2. The first-order chi connectivity index (χ1) is 11.0. The summed E-state index contributed by atoms with van der Waals surface area (Å²) in [6.07, 6.45) is 0.693. The van der Waals surface area contributed by atoms with Gasteiger partial charge >= 0.3 is 0 Å². The number of rotatable bonds is 6. The van der Waals surface area contributed by atoms with Crippen LogP contribution in [0.1, 0.15) is 21.5 Å². The van der Waals surface area contributed by atoms with Crippen molar-refractivity contribution < 1.29 is 9.59 Å². The van der Waals surface area contributed by atoms with Crippen LogP contribution in [0.3, 0.4) is 0 Å². The van der Waals surface area contributed by atoms with Crippen molar-refractivity contribution in [3.8, 4) is 0 Å². The molecule has 0 spiro atoms. The Morgan fingerprint density at radius 1 is 1.04 bits per heavy atom. The summed E-state index contributed by atoms with van der Waals surface area (Å²) in [4.78, 5) is 23.7. The van der Waals surface area contributed by atoms with Crippen molar-refractivity contribution in [2.75, 3.05) is 13.1 Å². The molecule has 23 heavy (non-hydrogen) atoms. The lowest BCUT2D eigenvalue weighted by molar-refractivity contribution is -0.120. The molecule has 0 saturated carbocycles. The fourth-order valence-corrected chi connectivity index (χ4v) is 2.36. The van der Waals surface area contributed by atoms with Gasteiger partial charge in [-0.1, -0.05) is 41.4 Å². The second-order valence-corrected chi connectivity index (χ2v) is 5.72. The Kier molecular flexibility index (Phi) is 6.18. The monoisotopic (exact) mass is 330 g/mol. The molecule has 0 atom stereocenters. The number of carbonyl (C=O) groups excluding carboxylic acids is 2. The Hall–Kier alpha value is -2.33. The minimum atomic E-state index is -0.251. The molecule has 5 heteroatoms. The third kappa shape index (κ3) is 5.75. The second-order valence-electron chi connectivity index (χ2n) is 5.28. The van der Waals surface area contributed by atoms with Crippen LogP contribution in [0.5, 0.6) is 0 Å². The zero-order valence-electron chi connectivity index (χ0n) is 12.9. The van der Waals surface area contributed by atoms with Gasteiger partial charge in [-0.3, -0.25) is 9.59 Å². The minimum absolute atomic E-state index is 0.0394. The number of hydrogen-bond donors (Lipinski definition) is 2. The zero-order valence-corrected chi connectivity index (χ0v) is 13.7. The predicted molar refractivity (Wildman–Crippen MR) is 91.7 cm³/mol. The van der Waals surface area contributed by atoms with Gasteiger partial charge in [0, 0.05) is 17.1 Å². The van der Waals surface area contributed by atoms with Crippen LogP contribution in [0, 0.1) is 6.92 Å². The van der Waals surface area contributed by atoms with Gasteiger partial charge in [0.05, 0.1) is 6.54 Å². The molecule has 0 heterocycles. The van der Waals surface area contributed by atoms with Crippen LogP contribution in [-0.4, -0.2) is 24.9 Å². The van der Waals surface area contributed by atoms with Crippen molar-refractivity contribution in [3.05, 3.63) is 70.2 Å². The average molecular weight is 331 g/mol. The van der Waals surface area contributed by atoms with Gasteiger partial charge in [0.1, 0.15) is 0 Å². The highest BCUT2D eigenvalue weighted by Gasteiger charge is 2.07. The summed E-state index contributed by atoms with van der Waals surface area (Å²) in [6.45, 7) is 2.38. The molecule has 0 radical (unpaired) electrons. The quantitative estimate of drug-likeness (QED) is 0.855. The highest BCUT2D eigenvalue weighted by molar-refractivity contribution is 6.30. The van der Waals surface area contributed by atoms with E-state index >= 15 is 0 Å². The van der Waals surface area contributed by atoms with Crippen LogP contribution in [0.15, 0.2) is 48.5 Å². The van der Waals surface area contributed by atoms with E-state index in [2.05, 4.69) is 10.6 Å². The summed E-state index contributed by atoms with van der Waals surface area (Å²) in [5.41, 5.74) is 2.61. The fourth-order valence-electron chi connectivity index (χ4n) is 2.15. The maximum atomic E-state index is 11.9. The van der Waals surface area contributed by atoms with Gasteiger partial charge in [-0.25, -0.2) is 0 Å². The van der Waals surface area contributed by atoms with Crippen molar-refractivity contribution >= 4 is 23.4 Å². The van der Waals surface area contributed by atoms with E-state index < -0.39 is 0 Å². The van der Waals surface area contributed by atoms with E-state index in [4.69, 9.17) is 11.6 Å². The Bertz CT molecular complexity index is 701. The molecule has 4 nitrogen and oxygen atoms in total. The van der Waals surface area contributed by atoms with Crippen LogP contribution in [0.4, 0.5) is 0 Å². The second kappa shape index (κ2) is 8.34. The molecule has 2 aromatic carbocycles. The molecule has 2 aromatic rings. The van der Waals surface area contributed by atoms with E-state index in [1.54, 1.807) is 12.1 Å². The van der Waals surface area contributed by atoms with E-state index in [1.807, 2.05) is 43.3 Å². The minimum Gasteiger partial charge on any atom is -0.354 e. The molecule has 120 valence electrons. The SMILES string of the molecule is Cc1cccc(C(=O)NCC(=O)NCCc2cccc(Cl)c2)c1. The summed E-state index contributed by atoms with van der Waals surface area (Å²) in [5.74, 6) is -0.466. The molecule has 0 unspecified atom stereocenters. The summed E-state index contributed by atoms with van der Waals surface area (Å²) < 4.78 is 0. The van der Waals surface area contributed by atoms with Gasteiger partial charge in [0.2, 0.25) is 5.91 Å². The number of halogens is 1. The van der Waals surface area contributed by atoms with Gasteiger partial charge in [-0.15, -0.1) is 0 Å². The zero-order chi connectivity index (χ0) is 16.7. The Labute approximate surface area is 140 Å². The molecule has 0 aromatic heterocycles. The first kappa shape index (κ1) is 17.0. The number of aryl methyl sites for hydroxylation is 1. The van der Waals surface area contributed by atoms with Gasteiger partial charge in [-0.05, 0) is 43.2 Å². The summed E-state index contributed by atoms with van der Waals surface area (Å²) in [5, 5.41) is 6.06. The molecule has 0 aliphatic rings. The Morgan fingerprint density at radius 2 is 1.83 bits per heavy atom. The highest BCUT2D eigenvalue weighted by atomic mass is 35.5. The van der Waals surface area contributed by atoms with E-state index in [0.29, 0.717) is 23.6 Å². The van der Waals surface area contributed by atoms with Crippen LogP contribution in [0.25, 0.3) is 0 Å². The number of carbonyl (C=O) groups is 2. The molecular weight excluding hydrogens is 312 g/mol. The van der Waals surface area contributed by atoms with Crippen molar-refractivity contribution in [1.82, 2.24) is 10.6 Å². The molecule has 0 saturated heterocycles. The van der Waals surface area contributed by atoms with Gasteiger partial charge < -0.3 is 10.6 Å². The first-order valence-corrected chi connectivity index (χ1v) is 7.78. The smallest absolute Gasteiger partial charge is 0.251 e. The number of amides is 2. The predicted octanol–water partition coefficient (Wildman–Crippen LogP) is 2.74. The summed E-state index contributed by atoms with van der Waals surface area (Å²) in [6, 6.07) is 14.7. The topological polar surface area (TPSA) is 58.2 Å². The largest absolute Gasteiger partial charge is 0.354 e. The van der Waals surface area contributed by atoms with Crippen LogP contribution < -0.4 is 10.6 Å². The third-order valence-electron chi connectivity index (χ3n) is 3.31. The molecular formula is C18H19ClN2O2. The lowest BCUT2D eigenvalue weighted by atomic mass is 10.1. The molecule has 2 amide bonds. The first-order valence-electron chi connectivity index (χ1n) is 7.40. The average Bonchev–Trinajstić information content (AvgIpc) is 2.52. The Balaban J connectivity index is 1.72.